The summed E-state index contributed by atoms with van der Waals surface area (Å²) in [6, 6.07) is 4.35. The SMILES string of the molecule is CC(C)CCC(C)NC(=NCC1CCOC1)NCCc1ccco1.I. The first-order valence-electron chi connectivity index (χ1n) is 9.28. The molecule has 2 rings (SSSR count). The van der Waals surface area contributed by atoms with Gasteiger partial charge in [-0.2, -0.15) is 0 Å². The van der Waals surface area contributed by atoms with Crippen molar-refractivity contribution in [1.29, 1.82) is 0 Å². The van der Waals surface area contributed by atoms with Crippen molar-refractivity contribution in [2.24, 2.45) is 16.8 Å². The van der Waals surface area contributed by atoms with Crippen LogP contribution in [0.1, 0.15) is 45.8 Å². The summed E-state index contributed by atoms with van der Waals surface area (Å²) in [6.07, 6.45) is 6.08. The normalized spacial score (nSPS) is 18.9. The van der Waals surface area contributed by atoms with E-state index in [1.165, 1.54) is 6.42 Å². The molecule has 0 aromatic carbocycles. The maximum Gasteiger partial charge on any atom is 0.191 e. The van der Waals surface area contributed by atoms with Crippen LogP contribution in [0.25, 0.3) is 0 Å². The summed E-state index contributed by atoms with van der Waals surface area (Å²) in [7, 11) is 0. The lowest BCUT2D eigenvalue weighted by Crippen LogP contribution is -2.43. The van der Waals surface area contributed by atoms with Gasteiger partial charge in [-0.15, -0.1) is 24.0 Å². The fraction of sp³-hybridized carbons (Fsp3) is 0.737. The third kappa shape index (κ3) is 9.49. The number of furan rings is 1. The first-order chi connectivity index (χ1) is 11.6. The number of nitrogens with one attached hydrogen (secondary N) is 2. The molecule has 0 radical (unpaired) electrons. The largest absolute Gasteiger partial charge is 0.469 e. The number of halogens is 1. The van der Waals surface area contributed by atoms with Gasteiger partial charge in [0, 0.05) is 38.1 Å². The standard InChI is InChI=1S/C19H33N3O2.HI/c1-15(2)6-7-16(3)22-19(21-13-17-9-12-23-14-17)20-10-8-18-5-4-11-24-18;/h4-5,11,15-17H,6-10,12-14H2,1-3H3,(H2,20,21,22);1H. The van der Waals surface area contributed by atoms with Gasteiger partial charge < -0.3 is 19.8 Å². The number of guanidine groups is 1. The van der Waals surface area contributed by atoms with Crippen LogP contribution in [-0.2, 0) is 11.2 Å². The first kappa shape index (κ1) is 22.3. The van der Waals surface area contributed by atoms with E-state index in [1.807, 2.05) is 12.1 Å². The van der Waals surface area contributed by atoms with Gasteiger partial charge in [0.05, 0.1) is 12.9 Å². The Hall–Kier alpha value is -0.760. The zero-order chi connectivity index (χ0) is 17.2. The quantitative estimate of drug-likeness (QED) is 0.332. The third-order valence-corrected chi connectivity index (χ3v) is 4.34. The lowest BCUT2D eigenvalue weighted by molar-refractivity contribution is 0.187. The Bertz CT molecular complexity index is 471. The average Bonchev–Trinajstić information content (AvgIpc) is 3.24. The minimum Gasteiger partial charge on any atom is -0.469 e. The molecule has 1 aliphatic rings. The summed E-state index contributed by atoms with van der Waals surface area (Å²) < 4.78 is 10.8. The maximum atomic E-state index is 5.44. The second-order valence-corrected chi connectivity index (χ2v) is 7.19. The number of hydrogen-bond donors (Lipinski definition) is 2. The summed E-state index contributed by atoms with van der Waals surface area (Å²) in [5.74, 6) is 3.19. The van der Waals surface area contributed by atoms with Crippen molar-refractivity contribution in [3.05, 3.63) is 24.2 Å². The molecular formula is C19H34IN3O2. The zero-order valence-corrected chi connectivity index (χ0v) is 18.1. The van der Waals surface area contributed by atoms with Gasteiger partial charge in [0.15, 0.2) is 5.96 Å². The molecule has 0 amide bonds. The highest BCUT2D eigenvalue weighted by Gasteiger charge is 2.15. The van der Waals surface area contributed by atoms with E-state index in [-0.39, 0.29) is 24.0 Å². The lowest BCUT2D eigenvalue weighted by atomic mass is 10.0. The molecule has 1 saturated heterocycles. The van der Waals surface area contributed by atoms with Crippen molar-refractivity contribution in [2.75, 3.05) is 26.3 Å². The summed E-state index contributed by atoms with van der Waals surface area (Å²) >= 11 is 0. The van der Waals surface area contributed by atoms with E-state index in [9.17, 15) is 0 Å². The second kappa shape index (κ2) is 12.6. The van der Waals surface area contributed by atoms with Crippen molar-refractivity contribution >= 4 is 29.9 Å². The van der Waals surface area contributed by atoms with E-state index in [0.29, 0.717) is 12.0 Å². The topological polar surface area (TPSA) is 58.8 Å². The van der Waals surface area contributed by atoms with Crippen LogP contribution in [0.15, 0.2) is 27.8 Å². The van der Waals surface area contributed by atoms with Gasteiger partial charge in [0.2, 0.25) is 0 Å². The van der Waals surface area contributed by atoms with E-state index in [2.05, 4.69) is 31.4 Å². The van der Waals surface area contributed by atoms with Gasteiger partial charge in [-0.1, -0.05) is 13.8 Å². The number of ether oxygens (including phenoxy) is 1. The van der Waals surface area contributed by atoms with E-state index in [4.69, 9.17) is 14.1 Å². The minimum absolute atomic E-state index is 0. The summed E-state index contributed by atoms with van der Waals surface area (Å²) in [4.78, 5) is 4.78. The molecule has 6 heteroatoms. The van der Waals surface area contributed by atoms with Crippen molar-refractivity contribution in [2.45, 2.75) is 52.5 Å². The van der Waals surface area contributed by atoms with Crippen LogP contribution < -0.4 is 10.6 Å². The van der Waals surface area contributed by atoms with Crippen molar-refractivity contribution < 1.29 is 9.15 Å². The summed E-state index contributed by atoms with van der Waals surface area (Å²) in [6.45, 7) is 10.1. The van der Waals surface area contributed by atoms with Gasteiger partial charge in [-0.25, -0.2) is 0 Å². The fourth-order valence-electron chi connectivity index (χ4n) is 2.75. The molecule has 1 aromatic rings. The van der Waals surface area contributed by atoms with Crippen LogP contribution in [0.5, 0.6) is 0 Å². The van der Waals surface area contributed by atoms with Crippen LogP contribution in [0.3, 0.4) is 0 Å². The number of hydrogen-bond acceptors (Lipinski definition) is 3. The Balaban J connectivity index is 0.00000312. The van der Waals surface area contributed by atoms with E-state index >= 15 is 0 Å². The minimum atomic E-state index is 0. The highest BCUT2D eigenvalue weighted by Crippen LogP contribution is 2.12. The van der Waals surface area contributed by atoms with Crippen molar-refractivity contribution in [1.82, 2.24) is 10.6 Å². The molecule has 2 unspecified atom stereocenters. The van der Waals surface area contributed by atoms with Gasteiger partial charge in [-0.3, -0.25) is 4.99 Å². The Morgan fingerprint density at radius 3 is 2.80 bits per heavy atom. The molecule has 0 bridgehead atoms. The van der Waals surface area contributed by atoms with Crippen LogP contribution >= 0.6 is 24.0 Å². The molecule has 1 aliphatic heterocycles. The zero-order valence-electron chi connectivity index (χ0n) is 15.8. The summed E-state index contributed by atoms with van der Waals surface area (Å²) in [5, 5.41) is 6.98. The highest BCUT2D eigenvalue weighted by atomic mass is 127. The Morgan fingerprint density at radius 2 is 2.16 bits per heavy atom. The Labute approximate surface area is 169 Å². The molecule has 0 spiro atoms. The molecule has 2 atom stereocenters. The van der Waals surface area contributed by atoms with E-state index in [1.54, 1.807) is 6.26 Å². The molecule has 25 heavy (non-hydrogen) atoms. The van der Waals surface area contributed by atoms with Gasteiger partial charge in [0.25, 0.3) is 0 Å². The van der Waals surface area contributed by atoms with E-state index < -0.39 is 0 Å². The predicted molar refractivity (Wildman–Crippen MR) is 114 cm³/mol. The van der Waals surface area contributed by atoms with Crippen molar-refractivity contribution in [3.8, 4) is 0 Å². The monoisotopic (exact) mass is 463 g/mol. The molecule has 0 aliphatic carbocycles. The lowest BCUT2D eigenvalue weighted by Gasteiger charge is -2.19. The van der Waals surface area contributed by atoms with Crippen LogP contribution in [0.4, 0.5) is 0 Å². The predicted octanol–water partition coefficient (Wildman–Crippen LogP) is 3.84. The molecule has 2 heterocycles. The Kier molecular flexibility index (Phi) is 11.2. The smallest absolute Gasteiger partial charge is 0.191 e. The molecule has 144 valence electrons. The number of rotatable bonds is 9. The van der Waals surface area contributed by atoms with Crippen molar-refractivity contribution in [3.63, 3.8) is 0 Å². The fourth-order valence-corrected chi connectivity index (χ4v) is 2.75. The maximum absolute atomic E-state index is 5.44. The van der Waals surface area contributed by atoms with Crippen LogP contribution in [-0.4, -0.2) is 38.3 Å². The van der Waals surface area contributed by atoms with Crippen LogP contribution in [0, 0.1) is 11.8 Å². The molecule has 1 fully saturated rings. The van der Waals surface area contributed by atoms with Gasteiger partial charge >= 0.3 is 0 Å². The molecule has 0 saturated carbocycles. The Morgan fingerprint density at radius 1 is 1.32 bits per heavy atom. The molecule has 2 N–H and O–H groups in total. The molecule has 5 nitrogen and oxygen atoms in total. The molecular weight excluding hydrogens is 429 g/mol. The van der Waals surface area contributed by atoms with Crippen LogP contribution in [0.2, 0.25) is 0 Å². The second-order valence-electron chi connectivity index (χ2n) is 7.19. The number of nitrogens with zero attached hydrogens (tertiary/aromatic N) is 1. The first-order valence-corrected chi connectivity index (χ1v) is 9.28. The number of aliphatic imine (C=N–C) groups is 1. The average molecular weight is 463 g/mol. The van der Waals surface area contributed by atoms with Gasteiger partial charge in [-0.05, 0) is 44.2 Å². The highest BCUT2D eigenvalue weighted by molar-refractivity contribution is 14.0. The third-order valence-electron chi connectivity index (χ3n) is 4.34. The summed E-state index contributed by atoms with van der Waals surface area (Å²) in [5.41, 5.74) is 0. The van der Waals surface area contributed by atoms with E-state index in [0.717, 1.165) is 63.2 Å². The molecule has 1 aromatic heterocycles. The van der Waals surface area contributed by atoms with Gasteiger partial charge in [0.1, 0.15) is 5.76 Å².